The molecule has 1 heterocycles. The Morgan fingerprint density at radius 1 is 1.41 bits per heavy atom. The number of hydrogen-bond donors (Lipinski definition) is 2. The van der Waals surface area contributed by atoms with E-state index < -0.39 is 6.10 Å². The number of rotatable bonds is 9. The molecule has 0 aliphatic heterocycles. The van der Waals surface area contributed by atoms with Crippen LogP contribution >= 0.6 is 0 Å². The fraction of sp³-hybridized carbons (Fsp3) is 0.667. The van der Waals surface area contributed by atoms with Gasteiger partial charge in [0.05, 0.1) is 25.6 Å². The molecule has 0 bridgehead atoms. The molecular weight excluding hydrogens is 222 g/mol. The number of hydrogen-bond acceptors (Lipinski definition) is 5. The molecule has 0 spiro atoms. The fourth-order valence-electron chi connectivity index (χ4n) is 1.13. The van der Waals surface area contributed by atoms with Crippen LogP contribution in [0.3, 0.4) is 0 Å². The van der Waals surface area contributed by atoms with Crippen LogP contribution in [0.2, 0.25) is 0 Å². The lowest BCUT2D eigenvalue weighted by Gasteiger charge is -2.12. The summed E-state index contributed by atoms with van der Waals surface area (Å²) in [5.41, 5.74) is 2.71. The van der Waals surface area contributed by atoms with Crippen LogP contribution in [0.5, 0.6) is 0 Å². The molecule has 0 saturated heterocycles. The van der Waals surface area contributed by atoms with Gasteiger partial charge in [0, 0.05) is 6.54 Å². The Hall–Kier alpha value is -0.880. The molecule has 5 heteroatoms. The van der Waals surface area contributed by atoms with E-state index in [4.69, 9.17) is 14.0 Å². The maximum absolute atomic E-state index is 9.54. The van der Waals surface area contributed by atoms with E-state index in [1.165, 1.54) is 0 Å². The third-order valence-electron chi connectivity index (χ3n) is 1.97. The second-order valence-corrected chi connectivity index (χ2v) is 4.30. The summed E-state index contributed by atoms with van der Waals surface area (Å²) >= 11 is 0. The number of aliphatic hydroxyl groups excluding tert-OH is 1. The number of furan rings is 1. The molecule has 1 aromatic heterocycles. The lowest BCUT2D eigenvalue weighted by molar-refractivity contribution is -0.0272. The molecule has 0 radical (unpaired) electrons. The van der Waals surface area contributed by atoms with E-state index in [-0.39, 0.29) is 6.61 Å². The van der Waals surface area contributed by atoms with Crippen molar-refractivity contribution in [3.63, 3.8) is 0 Å². The molecule has 0 fully saturated rings. The molecule has 98 valence electrons. The van der Waals surface area contributed by atoms with E-state index in [9.17, 15) is 5.11 Å². The molecule has 17 heavy (non-hydrogen) atoms. The summed E-state index contributed by atoms with van der Waals surface area (Å²) in [6.45, 7) is 5.72. The molecule has 1 atom stereocenters. The zero-order valence-corrected chi connectivity index (χ0v) is 10.4. The molecule has 1 rings (SSSR count). The summed E-state index contributed by atoms with van der Waals surface area (Å²) < 4.78 is 10.4. The van der Waals surface area contributed by atoms with E-state index in [2.05, 4.69) is 19.3 Å². The van der Waals surface area contributed by atoms with E-state index in [0.29, 0.717) is 25.7 Å². The van der Waals surface area contributed by atoms with E-state index in [1.807, 2.05) is 6.07 Å². The zero-order chi connectivity index (χ0) is 12.5. The summed E-state index contributed by atoms with van der Waals surface area (Å²) in [5.74, 6) is 1.22. The average Bonchev–Trinajstić information content (AvgIpc) is 2.77. The predicted molar refractivity (Wildman–Crippen MR) is 63.2 cm³/mol. The van der Waals surface area contributed by atoms with Crippen LogP contribution in [-0.2, 0) is 16.2 Å². The van der Waals surface area contributed by atoms with Gasteiger partial charge in [0.15, 0.2) is 0 Å². The van der Waals surface area contributed by atoms with Crippen LogP contribution in [0.15, 0.2) is 22.8 Å². The van der Waals surface area contributed by atoms with Gasteiger partial charge in [-0.25, -0.2) is 0 Å². The van der Waals surface area contributed by atoms with Gasteiger partial charge >= 0.3 is 0 Å². The first-order valence-corrected chi connectivity index (χ1v) is 5.81. The minimum atomic E-state index is -0.586. The largest absolute Gasteiger partial charge is 0.467 e. The molecule has 1 aromatic rings. The second-order valence-electron chi connectivity index (χ2n) is 4.30. The molecule has 1 unspecified atom stereocenters. The molecule has 5 nitrogen and oxygen atoms in total. The van der Waals surface area contributed by atoms with Gasteiger partial charge in [0.2, 0.25) is 0 Å². The van der Waals surface area contributed by atoms with Crippen LogP contribution < -0.4 is 5.48 Å². The monoisotopic (exact) mass is 243 g/mol. The van der Waals surface area contributed by atoms with Crippen molar-refractivity contribution in [3.8, 4) is 0 Å². The maximum atomic E-state index is 9.54. The third-order valence-corrected chi connectivity index (χ3v) is 1.97. The van der Waals surface area contributed by atoms with Gasteiger partial charge in [-0.15, -0.1) is 0 Å². The first-order valence-electron chi connectivity index (χ1n) is 5.81. The minimum Gasteiger partial charge on any atom is -0.467 e. The molecule has 0 aliphatic rings. The van der Waals surface area contributed by atoms with Crippen molar-refractivity contribution in [2.75, 3.05) is 19.8 Å². The summed E-state index contributed by atoms with van der Waals surface area (Å²) in [6, 6.07) is 3.63. The average molecular weight is 243 g/mol. The molecule has 0 saturated carbocycles. The van der Waals surface area contributed by atoms with Gasteiger partial charge in [-0.2, -0.15) is 5.48 Å². The highest BCUT2D eigenvalue weighted by Crippen LogP contribution is 2.01. The van der Waals surface area contributed by atoms with Crippen LogP contribution in [0.25, 0.3) is 0 Å². The third kappa shape index (κ3) is 7.12. The lowest BCUT2D eigenvalue weighted by atomic mass is 10.2. The summed E-state index contributed by atoms with van der Waals surface area (Å²) in [6.07, 6.45) is 1.01. The Bertz CT molecular complexity index is 274. The Balaban J connectivity index is 1.96. The number of aliphatic hydroxyl groups is 1. The highest BCUT2D eigenvalue weighted by Gasteiger charge is 2.05. The van der Waals surface area contributed by atoms with Crippen LogP contribution in [0.4, 0.5) is 0 Å². The fourth-order valence-corrected chi connectivity index (χ4v) is 1.13. The number of hydroxylamine groups is 1. The van der Waals surface area contributed by atoms with Gasteiger partial charge in [-0.05, 0) is 18.1 Å². The predicted octanol–water partition coefficient (Wildman–Crippen LogP) is 1.33. The molecule has 0 aliphatic carbocycles. The van der Waals surface area contributed by atoms with Crippen molar-refractivity contribution in [1.29, 1.82) is 0 Å². The van der Waals surface area contributed by atoms with Crippen LogP contribution in [0, 0.1) is 5.92 Å². The Kier molecular flexibility index (Phi) is 6.88. The Morgan fingerprint density at radius 3 is 2.88 bits per heavy atom. The van der Waals surface area contributed by atoms with Gasteiger partial charge in [-0.3, -0.25) is 0 Å². The number of ether oxygens (including phenoxy) is 1. The highest BCUT2D eigenvalue weighted by molar-refractivity contribution is 4.96. The molecule has 0 aromatic carbocycles. The maximum Gasteiger partial charge on any atom is 0.129 e. The normalized spacial score (nSPS) is 13.2. The van der Waals surface area contributed by atoms with Crippen molar-refractivity contribution in [2.24, 2.45) is 5.92 Å². The molecular formula is C12H21NO4. The quantitative estimate of drug-likeness (QED) is 0.506. The lowest BCUT2D eigenvalue weighted by Crippen LogP contribution is -2.31. The molecule has 2 N–H and O–H groups in total. The minimum absolute atomic E-state index is 0.249. The van der Waals surface area contributed by atoms with E-state index in [1.54, 1.807) is 12.3 Å². The highest BCUT2D eigenvalue weighted by atomic mass is 16.6. The van der Waals surface area contributed by atoms with Crippen molar-refractivity contribution in [3.05, 3.63) is 24.2 Å². The number of nitrogens with one attached hydrogen (secondary N) is 1. The van der Waals surface area contributed by atoms with Crippen molar-refractivity contribution in [1.82, 2.24) is 5.48 Å². The smallest absolute Gasteiger partial charge is 0.129 e. The standard InChI is InChI=1S/C12H21NO4/c1-10(2)7-17-13-6-11(14)8-15-9-12-4-3-5-16-12/h3-5,10-11,13-14H,6-9H2,1-2H3. The van der Waals surface area contributed by atoms with E-state index in [0.717, 1.165) is 5.76 Å². The second kappa shape index (κ2) is 8.25. The summed E-state index contributed by atoms with van der Waals surface area (Å²) in [7, 11) is 0. The Labute approximate surface area is 102 Å². The summed E-state index contributed by atoms with van der Waals surface area (Å²) in [5, 5.41) is 9.54. The van der Waals surface area contributed by atoms with Gasteiger partial charge in [0.1, 0.15) is 12.4 Å². The van der Waals surface area contributed by atoms with Gasteiger partial charge < -0.3 is 19.1 Å². The zero-order valence-electron chi connectivity index (χ0n) is 10.4. The summed E-state index contributed by atoms with van der Waals surface area (Å²) in [4.78, 5) is 5.13. The first kappa shape index (κ1) is 14.2. The van der Waals surface area contributed by atoms with Crippen molar-refractivity contribution in [2.45, 2.75) is 26.6 Å². The van der Waals surface area contributed by atoms with Gasteiger partial charge in [0.25, 0.3) is 0 Å². The Morgan fingerprint density at radius 2 is 2.24 bits per heavy atom. The van der Waals surface area contributed by atoms with Gasteiger partial charge in [-0.1, -0.05) is 13.8 Å². The topological polar surface area (TPSA) is 63.9 Å². The SMILES string of the molecule is CC(C)CONCC(O)COCc1ccco1. The molecule has 0 amide bonds. The van der Waals surface area contributed by atoms with Crippen LogP contribution in [0.1, 0.15) is 19.6 Å². The van der Waals surface area contributed by atoms with E-state index >= 15 is 0 Å². The van der Waals surface area contributed by atoms with Crippen molar-refractivity contribution < 1.29 is 19.1 Å². The first-order chi connectivity index (χ1) is 8.18. The van der Waals surface area contributed by atoms with Crippen molar-refractivity contribution >= 4 is 0 Å². The van der Waals surface area contributed by atoms with Crippen LogP contribution in [-0.4, -0.2) is 31.0 Å².